The van der Waals surface area contributed by atoms with Crippen LogP contribution in [-0.2, 0) is 35.2 Å². The molecule has 4 rings (SSSR count). The number of amides is 1. The van der Waals surface area contributed by atoms with Crippen molar-refractivity contribution in [1.82, 2.24) is 9.89 Å². The molecule has 320 valence electrons. The summed E-state index contributed by atoms with van der Waals surface area (Å²) >= 11 is 5.70. The minimum atomic E-state index is -4.63. The molecule has 2 heterocycles. The van der Waals surface area contributed by atoms with Crippen LogP contribution in [0.4, 0.5) is 5.69 Å². The average molecular weight is 841 g/mol. The summed E-state index contributed by atoms with van der Waals surface area (Å²) in [5, 5.41) is 4.06. The molecule has 1 amide bonds. The number of nitrogens with one attached hydrogen (secondary N) is 1. The number of nitrogens with zero attached hydrogens (tertiary/aromatic N) is 2. The molecular weight excluding hydrogens is 774 g/mol. The number of fused-ring (bicyclic) bond motifs is 2. The van der Waals surface area contributed by atoms with E-state index >= 15 is 0 Å². The van der Waals surface area contributed by atoms with Crippen LogP contribution in [0, 0.1) is 0 Å². The molecule has 58 heavy (non-hydrogen) atoms. The van der Waals surface area contributed by atoms with E-state index in [0.717, 1.165) is 110 Å². The van der Waals surface area contributed by atoms with E-state index in [1.165, 1.54) is 12.1 Å². The van der Waals surface area contributed by atoms with Gasteiger partial charge in [-0.1, -0.05) is 66.0 Å². The summed E-state index contributed by atoms with van der Waals surface area (Å²) in [6.07, 6.45) is 13.4. The van der Waals surface area contributed by atoms with E-state index in [0.29, 0.717) is 45.2 Å². The molecular formula is C46H66ClN3O7S. The molecule has 0 atom stereocenters. The van der Waals surface area contributed by atoms with Crippen LogP contribution in [0.5, 0.6) is 0 Å². The van der Waals surface area contributed by atoms with Crippen LogP contribution in [0.2, 0.25) is 0 Å². The van der Waals surface area contributed by atoms with Crippen LogP contribution in [0.15, 0.2) is 69.6 Å². The summed E-state index contributed by atoms with van der Waals surface area (Å²) in [5.74, 6) is 2.43. The maximum atomic E-state index is 12.5. The first kappa shape index (κ1) is 47.2. The summed E-state index contributed by atoms with van der Waals surface area (Å²) in [4.78, 5) is 14.5. The molecule has 1 aliphatic carbocycles. The van der Waals surface area contributed by atoms with Crippen molar-refractivity contribution in [2.75, 3.05) is 63.4 Å². The van der Waals surface area contributed by atoms with Crippen molar-refractivity contribution in [3.8, 4) is 11.3 Å². The van der Waals surface area contributed by atoms with Crippen LogP contribution in [0.1, 0.15) is 117 Å². The number of hydrogen-bond donors (Lipinski definition) is 1. The number of anilines is 1. The molecule has 3 aliphatic rings. The highest BCUT2D eigenvalue weighted by atomic mass is 35.5. The lowest BCUT2D eigenvalue weighted by atomic mass is 9.83. The Labute approximate surface area is 352 Å². The van der Waals surface area contributed by atoms with Gasteiger partial charge in [0.15, 0.2) is 0 Å². The van der Waals surface area contributed by atoms with Gasteiger partial charge in [-0.05, 0) is 87.1 Å². The normalized spacial score (nSPS) is 14.8. The fourth-order valence-corrected chi connectivity index (χ4v) is 8.03. The molecule has 1 N–H and O–H groups in total. The number of allylic oxidation sites excluding steroid dienone is 3. The highest BCUT2D eigenvalue weighted by Gasteiger charge is 2.40. The number of halogens is 1. The maximum absolute atomic E-state index is 12.5. The topological polar surface area (TPSA) is 124 Å². The van der Waals surface area contributed by atoms with Crippen molar-refractivity contribution in [1.29, 1.82) is 0 Å². The molecule has 0 unspecified atom stereocenters. The molecule has 0 radical (unpaired) electrons. The Kier molecular flexibility index (Phi) is 18.1. The lowest BCUT2D eigenvalue weighted by Crippen LogP contribution is -2.29. The number of rotatable bonds is 23. The van der Waals surface area contributed by atoms with Crippen LogP contribution in [-0.4, -0.2) is 77.4 Å². The fourth-order valence-electron chi connectivity index (χ4n) is 7.35. The number of hydrogen-bond acceptors (Lipinski definition) is 8. The predicted molar refractivity (Wildman–Crippen MR) is 235 cm³/mol. The Morgan fingerprint density at radius 2 is 1.64 bits per heavy atom. The lowest BCUT2D eigenvalue weighted by molar-refractivity contribution is -0.121. The summed E-state index contributed by atoms with van der Waals surface area (Å²) in [6.45, 7) is 20.0. The van der Waals surface area contributed by atoms with E-state index in [9.17, 15) is 17.8 Å². The second-order valence-electron chi connectivity index (χ2n) is 16.5. The largest absolute Gasteiger partial charge is 0.744 e. The van der Waals surface area contributed by atoms with Crippen LogP contribution in [0.3, 0.4) is 0 Å². The predicted octanol–water partition coefficient (Wildman–Crippen LogP) is 8.60. The van der Waals surface area contributed by atoms with Crippen LogP contribution in [0.25, 0.3) is 17.4 Å². The Balaban J connectivity index is 1.43. The third kappa shape index (κ3) is 13.3. The summed E-state index contributed by atoms with van der Waals surface area (Å²) in [7, 11) is -4.63. The second-order valence-corrected chi connectivity index (χ2v) is 18.2. The average Bonchev–Trinajstić information content (AvgIpc) is 3.38. The van der Waals surface area contributed by atoms with Gasteiger partial charge in [-0.2, -0.15) is 0 Å². The van der Waals surface area contributed by atoms with Crippen molar-refractivity contribution in [2.24, 2.45) is 0 Å². The van der Waals surface area contributed by atoms with E-state index in [4.69, 9.17) is 25.5 Å². The van der Waals surface area contributed by atoms with Gasteiger partial charge < -0.3 is 28.7 Å². The molecule has 0 saturated heterocycles. The third-order valence-corrected chi connectivity index (χ3v) is 11.8. The quantitative estimate of drug-likeness (QED) is 0.0436. The standard InChI is InChI=1S/C46H66ClN3O7S/c1-8-49(9-2)36-21-23-38-35(32-43(45(3,4)5)57-41(38)33-36)18-17-19-42-46(6,7)39-34-37(58(52,53)54)22-24-40(39)50(42)27-15-12-13-20-44(51)48-26-29-56-31-30-55-28-16-11-10-14-25-47/h17-19,21-24,32-34H,8-16,20,25-31H2,1-7H3,(H-,48,51,52,53,54). The van der Waals surface area contributed by atoms with Crippen molar-refractivity contribution in [2.45, 2.75) is 116 Å². The smallest absolute Gasteiger partial charge is 0.220 e. The van der Waals surface area contributed by atoms with E-state index in [1.54, 1.807) is 6.07 Å². The molecule has 2 aliphatic heterocycles. The van der Waals surface area contributed by atoms with Crippen molar-refractivity contribution < 1.29 is 31.7 Å². The van der Waals surface area contributed by atoms with Gasteiger partial charge in [0.1, 0.15) is 34.7 Å². The first-order chi connectivity index (χ1) is 27.6. The Morgan fingerprint density at radius 1 is 0.931 bits per heavy atom. The van der Waals surface area contributed by atoms with Crippen molar-refractivity contribution >= 4 is 39.4 Å². The van der Waals surface area contributed by atoms with Gasteiger partial charge in [-0.25, -0.2) is 13.0 Å². The SMILES string of the molecule is CC[N+](CC)=c1ccc2c(/C=C/C=C3\N(CCCCCC(=O)NCCOCCOCCCCCCCl)c4ccc(S(=O)(=O)[O-])cc4C3(C)C)cc(C(C)(C)C)oc-2c1. The van der Waals surface area contributed by atoms with Crippen LogP contribution >= 0.6 is 11.6 Å². The number of carbonyl (C=O) groups excluding carboxylic acids is 1. The minimum Gasteiger partial charge on any atom is -0.744 e. The molecule has 0 aromatic heterocycles. The number of alkyl halides is 1. The van der Waals surface area contributed by atoms with Gasteiger partial charge in [0.25, 0.3) is 0 Å². The zero-order valence-electron chi connectivity index (χ0n) is 35.8. The van der Waals surface area contributed by atoms with Gasteiger partial charge in [0, 0.05) is 65.8 Å². The molecule has 1 aromatic rings. The lowest BCUT2D eigenvalue weighted by Gasteiger charge is -2.27. The van der Waals surface area contributed by atoms with Gasteiger partial charge in [0.05, 0.1) is 30.8 Å². The van der Waals surface area contributed by atoms with Gasteiger partial charge in [0.2, 0.25) is 11.3 Å². The molecule has 0 saturated carbocycles. The van der Waals surface area contributed by atoms with Gasteiger partial charge in [-0.3, -0.25) is 4.79 Å². The number of benzene rings is 2. The molecule has 1 aromatic carbocycles. The van der Waals surface area contributed by atoms with E-state index < -0.39 is 15.5 Å². The fraction of sp³-hybridized carbons (Fsp3) is 0.565. The number of ether oxygens (including phenoxy) is 2. The molecule has 10 nitrogen and oxygen atoms in total. The van der Waals surface area contributed by atoms with Gasteiger partial charge >= 0.3 is 0 Å². The second kappa shape index (κ2) is 22.2. The van der Waals surface area contributed by atoms with E-state index in [2.05, 4.69) is 99.7 Å². The van der Waals surface area contributed by atoms with Crippen molar-refractivity contribution in [3.63, 3.8) is 0 Å². The van der Waals surface area contributed by atoms with Gasteiger partial charge in [-0.15, -0.1) is 11.6 Å². The molecule has 12 heteroatoms. The van der Waals surface area contributed by atoms with E-state index in [1.807, 2.05) is 6.08 Å². The first-order valence-electron chi connectivity index (χ1n) is 21.0. The monoisotopic (exact) mass is 839 g/mol. The molecule has 0 spiro atoms. The summed E-state index contributed by atoms with van der Waals surface area (Å²) in [5.41, 5.74) is 3.92. The first-order valence-corrected chi connectivity index (χ1v) is 23.0. The third-order valence-electron chi connectivity index (χ3n) is 10.7. The van der Waals surface area contributed by atoms with E-state index in [-0.39, 0.29) is 16.2 Å². The highest BCUT2D eigenvalue weighted by Crippen LogP contribution is 2.48. The molecule has 0 bridgehead atoms. The zero-order chi connectivity index (χ0) is 42.3. The summed E-state index contributed by atoms with van der Waals surface area (Å²) < 4.78 is 56.2. The van der Waals surface area contributed by atoms with Crippen molar-refractivity contribution in [3.05, 3.63) is 82.6 Å². The van der Waals surface area contributed by atoms with Crippen LogP contribution < -0.4 is 20.1 Å². The molecule has 0 fully saturated rings. The number of carbonyl (C=O) groups is 1. The zero-order valence-corrected chi connectivity index (χ0v) is 37.4. The Bertz CT molecular complexity index is 2010. The number of unbranched alkanes of at least 4 members (excludes halogenated alkanes) is 5. The highest BCUT2D eigenvalue weighted by molar-refractivity contribution is 7.85. The minimum absolute atomic E-state index is 0.00153. The Hall–Kier alpha value is -3.48. The summed E-state index contributed by atoms with van der Waals surface area (Å²) in [6, 6.07) is 13.2. The Morgan fingerprint density at radius 3 is 2.33 bits per heavy atom. The maximum Gasteiger partial charge on any atom is 0.220 e.